The van der Waals surface area contributed by atoms with Crippen molar-refractivity contribution in [1.29, 1.82) is 0 Å². The fourth-order valence-electron chi connectivity index (χ4n) is 3.42. The third kappa shape index (κ3) is 4.12. The lowest BCUT2D eigenvalue weighted by Crippen LogP contribution is -2.48. The maximum Gasteiger partial charge on any atom is 0.246 e. The van der Waals surface area contributed by atoms with Gasteiger partial charge < -0.3 is 14.4 Å². The Balaban J connectivity index is 1.37. The molecule has 0 N–H and O–H groups in total. The summed E-state index contributed by atoms with van der Waals surface area (Å²) in [6, 6.07) is 20.0. The average molecular weight is 392 g/mol. The molecule has 5 heteroatoms. The highest BCUT2D eigenvalue weighted by molar-refractivity contribution is 6.33. The van der Waals surface area contributed by atoms with Crippen LogP contribution in [0.4, 0.5) is 5.69 Å². The van der Waals surface area contributed by atoms with Crippen LogP contribution in [0.25, 0.3) is 11.8 Å². The zero-order valence-corrected chi connectivity index (χ0v) is 16.3. The lowest BCUT2D eigenvalue weighted by molar-refractivity contribution is -0.126. The number of piperazine rings is 1. The molecule has 1 aliphatic rings. The van der Waals surface area contributed by atoms with Gasteiger partial charge in [0.25, 0.3) is 0 Å². The van der Waals surface area contributed by atoms with Gasteiger partial charge in [-0.2, -0.15) is 0 Å². The second-order valence-corrected chi connectivity index (χ2v) is 7.19. The molecule has 3 aromatic rings. The molecular weight excluding hydrogens is 370 g/mol. The summed E-state index contributed by atoms with van der Waals surface area (Å²) in [5.41, 5.74) is 3.09. The van der Waals surface area contributed by atoms with Crippen LogP contribution in [0.5, 0.6) is 0 Å². The molecule has 1 amide bonds. The van der Waals surface area contributed by atoms with E-state index in [1.165, 1.54) is 0 Å². The van der Waals surface area contributed by atoms with Gasteiger partial charge in [-0.05, 0) is 42.0 Å². The van der Waals surface area contributed by atoms with Crippen molar-refractivity contribution in [2.24, 2.45) is 0 Å². The first-order valence-corrected chi connectivity index (χ1v) is 9.78. The molecule has 28 heavy (non-hydrogen) atoms. The third-order valence-corrected chi connectivity index (χ3v) is 5.29. The van der Waals surface area contributed by atoms with Gasteiger partial charge in [-0.15, -0.1) is 0 Å². The topological polar surface area (TPSA) is 28.5 Å². The lowest BCUT2D eigenvalue weighted by atomic mass is 10.2. The molecule has 0 bridgehead atoms. The summed E-state index contributed by atoms with van der Waals surface area (Å²) >= 11 is 6.55. The number of aromatic nitrogens is 1. The number of halogens is 1. The van der Waals surface area contributed by atoms with Crippen molar-refractivity contribution in [2.45, 2.75) is 0 Å². The Morgan fingerprint density at radius 3 is 2.29 bits per heavy atom. The highest BCUT2D eigenvalue weighted by atomic mass is 35.5. The molecule has 1 aromatic heterocycles. The maximum absolute atomic E-state index is 12.4. The van der Waals surface area contributed by atoms with E-state index < -0.39 is 0 Å². The summed E-state index contributed by atoms with van der Waals surface area (Å²) in [4.78, 5) is 16.6. The minimum Gasteiger partial charge on any atom is -0.367 e. The molecule has 142 valence electrons. The van der Waals surface area contributed by atoms with Gasteiger partial charge >= 0.3 is 0 Å². The van der Waals surface area contributed by atoms with Gasteiger partial charge in [0.1, 0.15) is 0 Å². The fraction of sp³-hybridized carbons (Fsp3) is 0.174. The molecule has 1 saturated heterocycles. The van der Waals surface area contributed by atoms with E-state index in [0.717, 1.165) is 35.1 Å². The number of nitrogens with zero attached hydrogens (tertiary/aromatic N) is 3. The second kappa shape index (κ2) is 8.36. The predicted molar refractivity (Wildman–Crippen MR) is 115 cm³/mol. The molecule has 2 heterocycles. The highest BCUT2D eigenvalue weighted by Gasteiger charge is 2.21. The van der Waals surface area contributed by atoms with E-state index >= 15 is 0 Å². The zero-order chi connectivity index (χ0) is 19.3. The third-order valence-electron chi connectivity index (χ3n) is 4.98. The SMILES string of the molecule is O=C(/C=C/c1ccccc1)N1CCN(c2ccc(-n3cccc3)cc2Cl)CC1. The molecule has 4 rings (SSSR count). The van der Waals surface area contributed by atoms with Crippen LogP contribution in [0.2, 0.25) is 5.02 Å². The van der Waals surface area contributed by atoms with Gasteiger partial charge in [0.05, 0.1) is 10.7 Å². The van der Waals surface area contributed by atoms with Crippen LogP contribution in [-0.2, 0) is 4.79 Å². The summed E-state index contributed by atoms with van der Waals surface area (Å²) < 4.78 is 2.03. The fourth-order valence-corrected chi connectivity index (χ4v) is 3.72. The van der Waals surface area contributed by atoms with Gasteiger partial charge in [-0.25, -0.2) is 0 Å². The maximum atomic E-state index is 12.4. The molecule has 2 aromatic carbocycles. The van der Waals surface area contributed by atoms with Crippen LogP contribution >= 0.6 is 11.6 Å². The first-order valence-electron chi connectivity index (χ1n) is 9.40. The van der Waals surface area contributed by atoms with E-state index in [9.17, 15) is 4.79 Å². The number of anilines is 1. The number of hydrogen-bond acceptors (Lipinski definition) is 2. The van der Waals surface area contributed by atoms with E-state index in [0.29, 0.717) is 13.1 Å². The minimum absolute atomic E-state index is 0.0533. The Labute approximate surface area is 170 Å². The second-order valence-electron chi connectivity index (χ2n) is 6.78. The Bertz CT molecular complexity index is 959. The van der Waals surface area contributed by atoms with E-state index in [1.54, 1.807) is 6.08 Å². The predicted octanol–water partition coefficient (Wildman–Crippen LogP) is 4.49. The van der Waals surface area contributed by atoms with Gasteiger partial charge in [0.2, 0.25) is 5.91 Å². The molecule has 0 atom stereocenters. The van der Waals surface area contributed by atoms with Crippen LogP contribution in [0, 0.1) is 0 Å². The van der Waals surface area contributed by atoms with Crippen molar-refractivity contribution >= 4 is 29.3 Å². The number of benzene rings is 2. The van der Waals surface area contributed by atoms with E-state index in [2.05, 4.69) is 17.0 Å². The molecule has 0 aliphatic carbocycles. The molecule has 1 aliphatic heterocycles. The van der Waals surface area contributed by atoms with Crippen LogP contribution in [0.15, 0.2) is 79.1 Å². The van der Waals surface area contributed by atoms with E-state index in [4.69, 9.17) is 11.6 Å². The molecule has 1 fully saturated rings. The molecular formula is C23H22ClN3O. The first kappa shape index (κ1) is 18.4. The quantitative estimate of drug-likeness (QED) is 0.613. The smallest absolute Gasteiger partial charge is 0.246 e. The van der Waals surface area contributed by atoms with Crippen molar-refractivity contribution in [3.05, 3.63) is 89.7 Å². The summed E-state index contributed by atoms with van der Waals surface area (Å²) in [5.74, 6) is 0.0533. The van der Waals surface area contributed by atoms with E-state index in [-0.39, 0.29) is 5.91 Å². The summed E-state index contributed by atoms with van der Waals surface area (Å²) in [7, 11) is 0. The molecule has 0 unspecified atom stereocenters. The Hall–Kier alpha value is -2.98. The molecule has 0 saturated carbocycles. The van der Waals surface area contributed by atoms with Gasteiger partial charge in [0.15, 0.2) is 0 Å². The van der Waals surface area contributed by atoms with Gasteiger partial charge in [-0.3, -0.25) is 4.79 Å². The van der Waals surface area contributed by atoms with E-state index in [1.807, 2.05) is 76.5 Å². The summed E-state index contributed by atoms with van der Waals surface area (Å²) in [6.45, 7) is 2.92. The van der Waals surface area contributed by atoms with Gasteiger partial charge in [-0.1, -0.05) is 41.9 Å². The largest absolute Gasteiger partial charge is 0.367 e. The monoisotopic (exact) mass is 391 g/mol. The lowest BCUT2D eigenvalue weighted by Gasteiger charge is -2.36. The van der Waals surface area contributed by atoms with Crippen LogP contribution < -0.4 is 4.90 Å². The molecule has 0 radical (unpaired) electrons. The normalized spacial score (nSPS) is 14.6. The zero-order valence-electron chi connectivity index (χ0n) is 15.5. The van der Waals surface area contributed by atoms with Crippen molar-refractivity contribution < 1.29 is 4.79 Å². The van der Waals surface area contributed by atoms with Gasteiger partial charge in [0, 0.05) is 50.3 Å². The van der Waals surface area contributed by atoms with Crippen molar-refractivity contribution in [3.8, 4) is 5.69 Å². The highest BCUT2D eigenvalue weighted by Crippen LogP contribution is 2.29. The van der Waals surface area contributed by atoms with Crippen LogP contribution in [-0.4, -0.2) is 41.6 Å². The Morgan fingerprint density at radius 1 is 0.893 bits per heavy atom. The number of amides is 1. The van der Waals surface area contributed by atoms with Crippen molar-refractivity contribution in [2.75, 3.05) is 31.1 Å². The number of carbonyl (C=O) groups is 1. The Morgan fingerprint density at radius 2 is 1.61 bits per heavy atom. The van der Waals surface area contributed by atoms with Crippen molar-refractivity contribution in [3.63, 3.8) is 0 Å². The van der Waals surface area contributed by atoms with Crippen molar-refractivity contribution in [1.82, 2.24) is 9.47 Å². The number of rotatable bonds is 4. The number of carbonyl (C=O) groups excluding carboxylic acids is 1. The minimum atomic E-state index is 0.0533. The standard InChI is InChI=1S/C23H22ClN3O/c24-21-18-20(25-12-4-5-13-25)9-10-22(21)26-14-16-27(17-15-26)23(28)11-8-19-6-2-1-3-7-19/h1-13,18H,14-17H2/b11-8+. The van der Waals surface area contributed by atoms with Crippen LogP contribution in [0.1, 0.15) is 5.56 Å². The van der Waals surface area contributed by atoms with Crippen LogP contribution in [0.3, 0.4) is 0 Å². The first-order chi connectivity index (χ1) is 13.7. The molecule has 0 spiro atoms. The number of hydrogen-bond donors (Lipinski definition) is 0. The average Bonchev–Trinajstić information content (AvgIpc) is 3.28. The Kier molecular flexibility index (Phi) is 5.49. The summed E-state index contributed by atoms with van der Waals surface area (Å²) in [5, 5.41) is 0.731. The molecule has 4 nitrogen and oxygen atoms in total. The summed E-state index contributed by atoms with van der Waals surface area (Å²) in [6.07, 6.45) is 7.52.